The first kappa shape index (κ1) is 15.2. The van der Waals surface area contributed by atoms with E-state index in [4.69, 9.17) is 0 Å². The van der Waals surface area contributed by atoms with E-state index in [2.05, 4.69) is 5.32 Å². The third kappa shape index (κ3) is 3.73. The molecule has 2 heterocycles. The molecule has 1 fully saturated rings. The molecule has 3 rings (SSSR count). The van der Waals surface area contributed by atoms with Crippen LogP contribution in [0.1, 0.15) is 23.3 Å². The highest BCUT2D eigenvalue weighted by molar-refractivity contribution is 7.89. The topological polar surface area (TPSA) is 49.4 Å². The van der Waals surface area contributed by atoms with E-state index in [1.54, 1.807) is 29.8 Å². The number of hydrogen-bond acceptors (Lipinski definition) is 5. The Labute approximate surface area is 133 Å². The van der Waals surface area contributed by atoms with Gasteiger partial charge in [0.2, 0.25) is 10.0 Å². The van der Waals surface area contributed by atoms with Crippen LogP contribution in [0.15, 0.2) is 33.2 Å². The molecule has 4 nitrogen and oxygen atoms in total. The summed E-state index contributed by atoms with van der Waals surface area (Å²) in [5.41, 5.74) is 1.02. The Hall–Kier alpha value is -0.730. The van der Waals surface area contributed by atoms with Gasteiger partial charge in [0.05, 0.1) is 4.90 Å². The summed E-state index contributed by atoms with van der Waals surface area (Å²) < 4.78 is 26.5. The molecule has 2 aromatic heterocycles. The lowest BCUT2D eigenvalue weighted by atomic mass is 10.3. The van der Waals surface area contributed by atoms with Crippen molar-refractivity contribution >= 4 is 32.7 Å². The summed E-state index contributed by atoms with van der Waals surface area (Å²) in [7, 11) is -1.76. The van der Waals surface area contributed by atoms with E-state index < -0.39 is 10.0 Å². The van der Waals surface area contributed by atoms with Gasteiger partial charge in [-0.05, 0) is 41.3 Å². The van der Waals surface area contributed by atoms with E-state index in [1.165, 1.54) is 28.5 Å². The van der Waals surface area contributed by atoms with Crippen LogP contribution in [0.2, 0.25) is 0 Å². The third-order valence-electron chi connectivity index (χ3n) is 3.47. The molecule has 1 saturated carbocycles. The summed E-state index contributed by atoms with van der Waals surface area (Å²) in [5.74, 6) is 0. The lowest BCUT2D eigenvalue weighted by molar-refractivity contribution is 0.467. The molecule has 0 atom stereocenters. The summed E-state index contributed by atoms with van der Waals surface area (Å²) in [5, 5.41) is 9.08. The Morgan fingerprint density at radius 1 is 1.38 bits per heavy atom. The van der Waals surface area contributed by atoms with E-state index in [0.717, 1.165) is 17.0 Å². The van der Waals surface area contributed by atoms with Gasteiger partial charge in [-0.25, -0.2) is 8.42 Å². The Bertz CT molecular complexity index is 688. The molecule has 21 heavy (non-hydrogen) atoms. The minimum atomic E-state index is -3.40. The second-order valence-electron chi connectivity index (χ2n) is 5.30. The van der Waals surface area contributed by atoms with Gasteiger partial charge in [0.25, 0.3) is 0 Å². The minimum Gasteiger partial charge on any atom is -0.309 e. The zero-order chi connectivity index (χ0) is 14.9. The van der Waals surface area contributed by atoms with E-state index in [0.29, 0.717) is 17.5 Å². The molecule has 1 N–H and O–H groups in total. The predicted octanol–water partition coefficient (Wildman–Crippen LogP) is 2.88. The summed E-state index contributed by atoms with van der Waals surface area (Å²) in [6.45, 7) is 1.18. The van der Waals surface area contributed by atoms with Crippen molar-refractivity contribution in [3.05, 3.63) is 38.7 Å². The molecule has 2 aromatic rings. The van der Waals surface area contributed by atoms with Crippen molar-refractivity contribution in [2.24, 2.45) is 0 Å². The van der Waals surface area contributed by atoms with Crippen molar-refractivity contribution in [1.82, 2.24) is 9.62 Å². The van der Waals surface area contributed by atoms with Crippen molar-refractivity contribution in [2.75, 3.05) is 7.05 Å². The van der Waals surface area contributed by atoms with Crippen LogP contribution in [-0.2, 0) is 23.1 Å². The highest BCUT2D eigenvalue weighted by Gasteiger charge is 2.24. The van der Waals surface area contributed by atoms with Crippen LogP contribution in [0.25, 0.3) is 0 Å². The number of rotatable bonds is 7. The molecule has 0 aromatic carbocycles. The van der Waals surface area contributed by atoms with E-state index >= 15 is 0 Å². The van der Waals surface area contributed by atoms with Gasteiger partial charge in [0.15, 0.2) is 0 Å². The fraction of sp³-hybridized carbons (Fsp3) is 0.429. The Morgan fingerprint density at radius 2 is 2.19 bits per heavy atom. The highest BCUT2D eigenvalue weighted by atomic mass is 32.2. The van der Waals surface area contributed by atoms with Gasteiger partial charge in [0, 0.05) is 36.4 Å². The molecular weight excluding hydrogens is 324 g/mol. The first-order valence-electron chi connectivity index (χ1n) is 6.84. The smallest absolute Gasteiger partial charge is 0.243 e. The molecule has 0 aliphatic heterocycles. The molecular formula is C14H18N2O2S3. The Balaban J connectivity index is 1.68. The van der Waals surface area contributed by atoms with Gasteiger partial charge in [-0.15, -0.1) is 11.3 Å². The fourth-order valence-electron chi connectivity index (χ4n) is 2.03. The highest BCUT2D eigenvalue weighted by Crippen LogP contribution is 2.25. The largest absolute Gasteiger partial charge is 0.309 e. The van der Waals surface area contributed by atoms with Gasteiger partial charge in [0.1, 0.15) is 0 Å². The molecule has 7 heteroatoms. The van der Waals surface area contributed by atoms with Crippen molar-refractivity contribution in [2.45, 2.75) is 36.9 Å². The minimum absolute atomic E-state index is 0.401. The maximum atomic E-state index is 12.5. The van der Waals surface area contributed by atoms with Crippen LogP contribution < -0.4 is 5.32 Å². The van der Waals surface area contributed by atoms with E-state index in [-0.39, 0.29) is 0 Å². The first-order valence-corrected chi connectivity index (χ1v) is 10.1. The summed E-state index contributed by atoms with van der Waals surface area (Å²) in [6.07, 6.45) is 2.47. The Morgan fingerprint density at radius 3 is 2.86 bits per heavy atom. The normalized spacial score (nSPS) is 15.7. The quantitative estimate of drug-likeness (QED) is 0.842. The molecule has 1 aliphatic carbocycles. The van der Waals surface area contributed by atoms with Gasteiger partial charge in [-0.2, -0.15) is 15.6 Å². The molecule has 0 unspecified atom stereocenters. The zero-order valence-electron chi connectivity index (χ0n) is 11.8. The third-order valence-corrected chi connectivity index (χ3v) is 7.06. The SMILES string of the molecule is CN(Cc1ccsc1)S(=O)(=O)c1csc(CNC2CC2)c1. The number of nitrogens with one attached hydrogen (secondary N) is 1. The monoisotopic (exact) mass is 342 g/mol. The van der Waals surface area contributed by atoms with Gasteiger partial charge >= 0.3 is 0 Å². The zero-order valence-corrected chi connectivity index (χ0v) is 14.2. The van der Waals surface area contributed by atoms with Crippen LogP contribution in [0.4, 0.5) is 0 Å². The molecule has 0 bridgehead atoms. The van der Waals surface area contributed by atoms with Gasteiger partial charge < -0.3 is 5.32 Å². The fourth-order valence-corrected chi connectivity index (χ4v) is 5.06. The number of sulfonamides is 1. The number of hydrogen-bond donors (Lipinski definition) is 1. The molecule has 0 amide bonds. The molecule has 0 spiro atoms. The second-order valence-corrected chi connectivity index (χ2v) is 9.12. The van der Waals surface area contributed by atoms with E-state index in [9.17, 15) is 8.42 Å². The molecule has 1 aliphatic rings. The average Bonchev–Trinajstić information content (AvgIpc) is 2.93. The summed E-state index contributed by atoms with van der Waals surface area (Å²) in [6, 6.07) is 4.38. The predicted molar refractivity (Wildman–Crippen MR) is 87.2 cm³/mol. The number of nitrogens with zero attached hydrogens (tertiary/aromatic N) is 1. The molecule has 0 saturated heterocycles. The molecule has 114 valence electrons. The van der Waals surface area contributed by atoms with Crippen molar-refractivity contribution in [3.8, 4) is 0 Å². The van der Waals surface area contributed by atoms with Crippen LogP contribution in [0.3, 0.4) is 0 Å². The standard InChI is InChI=1S/C14H18N2O2S3/c1-16(8-11-4-5-19-9-11)21(17,18)14-6-13(20-10-14)7-15-12-2-3-12/h4-6,9-10,12,15H,2-3,7-8H2,1H3. The maximum absolute atomic E-state index is 12.5. The lowest BCUT2D eigenvalue weighted by Gasteiger charge is -2.15. The van der Waals surface area contributed by atoms with Crippen LogP contribution >= 0.6 is 22.7 Å². The van der Waals surface area contributed by atoms with Crippen LogP contribution in [-0.4, -0.2) is 25.8 Å². The Kier molecular flexibility index (Phi) is 4.46. The lowest BCUT2D eigenvalue weighted by Crippen LogP contribution is -2.26. The second kappa shape index (κ2) is 6.18. The van der Waals surface area contributed by atoms with Crippen LogP contribution in [0.5, 0.6) is 0 Å². The molecule has 0 radical (unpaired) electrons. The van der Waals surface area contributed by atoms with Gasteiger partial charge in [-0.3, -0.25) is 0 Å². The summed E-state index contributed by atoms with van der Waals surface area (Å²) >= 11 is 3.08. The average molecular weight is 343 g/mol. The number of thiophene rings is 2. The van der Waals surface area contributed by atoms with Crippen molar-refractivity contribution < 1.29 is 8.42 Å². The van der Waals surface area contributed by atoms with Crippen LogP contribution in [0, 0.1) is 0 Å². The van der Waals surface area contributed by atoms with Crippen molar-refractivity contribution in [3.63, 3.8) is 0 Å². The van der Waals surface area contributed by atoms with E-state index in [1.807, 2.05) is 16.8 Å². The summed E-state index contributed by atoms with van der Waals surface area (Å²) in [4.78, 5) is 1.47. The first-order chi connectivity index (χ1) is 10.1. The van der Waals surface area contributed by atoms with Gasteiger partial charge in [-0.1, -0.05) is 0 Å². The maximum Gasteiger partial charge on any atom is 0.243 e. The van der Waals surface area contributed by atoms with Crippen molar-refractivity contribution in [1.29, 1.82) is 0 Å².